The largest absolute Gasteiger partial charge is 0.393 e. The molecule has 76 valence electrons. The first-order valence-corrected chi connectivity index (χ1v) is 6.04. The van der Waals surface area contributed by atoms with E-state index in [0.29, 0.717) is 5.92 Å². The van der Waals surface area contributed by atoms with Crippen LogP contribution in [0.1, 0.15) is 57.8 Å². The third-order valence-electron chi connectivity index (χ3n) is 3.76. The van der Waals surface area contributed by atoms with Crippen LogP contribution in [0, 0.1) is 11.8 Å². The quantitative estimate of drug-likeness (QED) is 0.708. The number of hydrogen-bond acceptors (Lipinski definition) is 1. The van der Waals surface area contributed by atoms with Gasteiger partial charge in [-0.05, 0) is 37.5 Å². The first-order valence-electron chi connectivity index (χ1n) is 6.04. The van der Waals surface area contributed by atoms with Gasteiger partial charge in [-0.15, -0.1) is 0 Å². The van der Waals surface area contributed by atoms with Crippen LogP contribution in [0.25, 0.3) is 0 Å². The molecule has 0 saturated heterocycles. The molecule has 2 fully saturated rings. The predicted octanol–water partition coefficient (Wildman–Crippen LogP) is 3.12. The van der Waals surface area contributed by atoms with Gasteiger partial charge in [-0.1, -0.05) is 32.1 Å². The fourth-order valence-corrected chi connectivity index (χ4v) is 2.57. The molecule has 13 heavy (non-hydrogen) atoms. The Kier molecular flexibility index (Phi) is 3.26. The minimum Gasteiger partial charge on any atom is -0.393 e. The van der Waals surface area contributed by atoms with E-state index in [1.165, 1.54) is 51.4 Å². The van der Waals surface area contributed by atoms with Crippen molar-refractivity contribution in [1.82, 2.24) is 0 Å². The summed E-state index contributed by atoms with van der Waals surface area (Å²) >= 11 is 0. The van der Waals surface area contributed by atoms with Crippen LogP contribution in [0.2, 0.25) is 0 Å². The van der Waals surface area contributed by atoms with E-state index in [2.05, 4.69) is 0 Å². The molecule has 1 N–H and O–H groups in total. The molecule has 0 aromatic carbocycles. The summed E-state index contributed by atoms with van der Waals surface area (Å²) in [5.41, 5.74) is 0. The van der Waals surface area contributed by atoms with Gasteiger partial charge in [0.2, 0.25) is 0 Å². The number of aliphatic hydroxyl groups is 1. The Hall–Kier alpha value is -0.0400. The molecule has 0 radical (unpaired) electrons. The first-order chi connectivity index (χ1) is 6.36. The zero-order valence-corrected chi connectivity index (χ0v) is 8.54. The van der Waals surface area contributed by atoms with Gasteiger partial charge in [0.25, 0.3) is 0 Å². The van der Waals surface area contributed by atoms with Crippen molar-refractivity contribution < 1.29 is 5.11 Å². The second-order valence-corrected chi connectivity index (χ2v) is 4.99. The average molecular weight is 182 g/mol. The van der Waals surface area contributed by atoms with E-state index in [1.54, 1.807) is 0 Å². The third-order valence-corrected chi connectivity index (χ3v) is 3.76. The van der Waals surface area contributed by atoms with Gasteiger partial charge in [0.05, 0.1) is 6.10 Å². The highest BCUT2D eigenvalue weighted by Crippen LogP contribution is 2.36. The second-order valence-electron chi connectivity index (χ2n) is 4.99. The fraction of sp³-hybridized carbons (Fsp3) is 1.00. The van der Waals surface area contributed by atoms with Crippen LogP contribution in [0.15, 0.2) is 0 Å². The maximum Gasteiger partial charge on any atom is 0.0568 e. The highest BCUT2D eigenvalue weighted by Gasteiger charge is 2.25. The lowest BCUT2D eigenvalue weighted by Gasteiger charge is -2.26. The van der Waals surface area contributed by atoms with Crippen LogP contribution in [0.5, 0.6) is 0 Å². The summed E-state index contributed by atoms with van der Waals surface area (Å²) in [4.78, 5) is 0. The van der Waals surface area contributed by atoms with Gasteiger partial charge in [-0.2, -0.15) is 0 Å². The molecule has 0 spiro atoms. The first kappa shape index (κ1) is 9.51. The molecule has 0 aromatic heterocycles. The summed E-state index contributed by atoms with van der Waals surface area (Å²) in [6.45, 7) is 0. The number of hydrogen-bond donors (Lipinski definition) is 1. The second kappa shape index (κ2) is 4.45. The van der Waals surface area contributed by atoms with Crippen LogP contribution >= 0.6 is 0 Å². The van der Waals surface area contributed by atoms with E-state index in [-0.39, 0.29) is 6.10 Å². The molecule has 2 aliphatic carbocycles. The van der Waals surface area contributed by atoms with E-state index in [1.807, 2.05) is 0 Å². The van der Waals surface area contributed by atoms with Gasteiger partial charge in [0, 0.05) is 0 Å². The van der Waals surface area contributed by atoms with Gasteiger partial charge >= 0.3 is 0 Å². The van der Waals surface area contributed by atoms with Crippen molar-refractivity contribution >= 4 is 0 Å². The summed E-state index contributed by atoms with van der Waals surface area (Å²) in [5.74, 6) is 1.63. The molecule has 1 heteroatoms. The minimum atomic E-state index is 0.0286. The van der Waals surface area contributed by atoms with Gasteiger partial charge < -0.3 is 5.11 Å². The minimum absolute atomic E-state index is 0.0286. The third kappa shape index (κ3) is 2.98. The molecule has 2 aliphatic rings. The van der Waals surface area contributed by atoms with E-state index < -0.39 is 0 Å². The Bertz CT molecular complexity index is 145. The normalized spacial score (nSPS) is 27.5. The summed E-state index contributed by atoms with van der Waals surface area (Å²) in [6, 6.07) is 0. The van der Waals surface area contributed by atoms with Crippen LogP contribution in [-0.4, -0.2) is 11.2 Å². The molecule has 1 unspecified atom stereocenters. The molecule has 1 nitrogen and oxygen atoms in total. The van der Waals surface area contributed by atoms with Crippen LogP contribution in [-0.2, 0) is 0 Å². The summed E-state index contributed by atoms with van der Waals surface area (Å²) in [6.07, 6.45) is 11.9. The zero-order valence-electron chi connectivity index (χ0n) is 8.54. The topological polar surface area (TPSA) is 20.2 Å². The Morgan fingerprint density at radius 1 is 1.00 bits per heavy atom. The van der Waals surface area contributed by atoms with Crippen molar-refractivity contribution in [2.45, 2.75) is 63.9 Å². The van der Waals surface area contributed by atoms with Gasteiger partial charge in [-0.25, -0.2) is 0 Å². The smallest absolute Gasteiger partial charge is 0.0568 e. The van der Waals surface area contributed by atoms with E-state index in [9.17, 15) is 5.11 Å². The molecular weight excluding hydrogens is 160 g/mol. The molecule has 0 aromatic rings. The number of rotatable bonds is 4. The molecule has 0 heterocycles. The van der Waals surface area contributed by atoms with E-state index >= 15 is 0 Å². The average Bonchev–Trinajstić information content (AvgIpc) is 2.99. The molecule has 0 amide bonds. The molecular formula is C12H22O. The Morgan fingerprint density at radius 3 is 2.31 bits per heavy atom. The highest BCUT2D eigenvalue weighted by molar-refractivity contribution is 4.78. The Labute approximate surface area is 81.5 Å². The van der Waals surface area contributed by atoms with Gasteiger partial charge in [0.1, 0.15) is 0 Å². The highest BCUT2D eigenvalue weighted by atomic mass is 16.3. The Morgan fingerprint density at radius 2 is 1.69 bits per heavy atom. The van der Waals surface area contributed by atoms with Crippen molar-refractivity contribution in [2.24, 2.45) is 11.8 Å². The summed E-state index contributed by atoms with van der Waals surface area (Å²) in [7, 11) is 0. The van der Waals surface area contributed by atoms with Crippen molar-refractivity contribution in [3.8, 4) is 0 Å². The van der Waals surface area contributed by atoms with Crippen LogP contribution in [0.4, 0.5) is 0 Å². The zero-order chi connectivity index (χ0) is 9.10. The predicted molar refractivity (Wildman–Crippen MR) is 54.5 cm³/mol. The van der Waals surface area contributed by atoms with Crippen molar-refractivity contribution in [1.29, 1.82) is 0 Å². The maximum absolute atomic E-state index is 9.95. The summed E-state index contributed by atoms with van der Waals surface area (Å²) in [5, 5.41) is 9.95. The summed E-state index contributed by atoms with van der Waals surface area (Å²) < 4.78 is 0. The SMILES string of the molecule is OC(CCC1CC1)C1CCCCC1. The Balaban J connectivity index is 1.64. The lowest BCUT2D eigenvalue weighted by molar-refractivity contribution is 0.0741. The van der Waals surface area contributed by atoms with E-state index in [4.69, 9.17) is 0 Å². The van der Waals surface area contributed by atoms with Gasteiger partial charge in [-0.3, -0.25) is 0 Å². The van der Waals surface area contributed by atoms with Crippen LogP contribution < -0.4 is 0 Å². The standard InChI is InChI=1S/C12H22O/c13-12(9-8-10-6-7-10)11-4-2-1-3-5-11/h10-13H,1-9H2. The molecule has 1 atom stereocenters. The molecule has 2 rings (SSSR count). The van der Waals surface area contributed by atoms with Crippen LogP contribution in [0.3, 0.4) is 0 Å². The lowest BCUT2D eigenvalue weighted by Crippen LogP contribution is -2.22. The maximum atomic E-state index is 9.95. The molecule has 0 bridgehead atoms. The monoisotopic (exact) mass is 182 g/mol. The van der Waals surface area contributed by atoms with E-state index in [0.717, 1.165) is 12.3 Å². The molecule has 0 aliphatic heterocycles. The number of aliphatic hydroxyl groups excluding tert-OH is 1. The lowest BCUT2D eigenvalue weighted by atomic mass is 9.83. The van der Waals surface area contributed by atoms with Crippen molar-refractivity contribution in [3.63, 3.8) is 0 Å². The fourth-order valence-electron chi connectivity index (χ4n) is 2.57. The van der Waals surface area contributed by atoms with Crippen molar-refractivity contribution in [2.75, 3.05) is 0 Å². The molecule has 2 saturated carbocycles. The van der Waals surface area contributed by atoms with Crippen molar-refractivity contribution in [3.05, 3.63) is 0 Å². The van der Waals surface area contributed by atoms with Gasteiger partial charge in [0.15, 0.2) is 0 Å².